The van der Waals surface area contributed by atoms with Crippen LogP contribution in [0, 0.1) is 0 Å². The smallest absolute Gasteiger partial charge is 0.222 e. The standard InChI is InChI=1S/C16H33NO2/c1-5-7-8-9-10-11-12-13-15(18)17(6-2)14-16(3,4)19/h19H,5-14H2,1-4H3. The Morgan fingerprint density at radius 3 is 2.00 bits per heavy atom. The van der Waals surface area contributed by atoms with Gasteiger partial charge in [-0.05, 0) is 27.2 Å². The average Bonchev–Trinajstić information content (AvgIpc) is 2.33. The van der Waals surface area contributed by atoms with Crippen LogP contribution < -0.4 is 0 Å². The Hall–Kier alpha value is -0.570. The van der Waals surface area contributed by atoms with Gasteiger partial charge < -0.3 is 10.0 Å². The number of nitrogens with zero attached hydrogens (tertiary/aromatic N) is 1. The summed E-state index contributed by atoms with van der Waals surface area (Å²) in [6.45, 7) is 8.79. The van der Waals surface area contributed by atoms with E-state index in [0.717, 1.165) is 12.8 Å². The second kappa shape index (κ2) is 10.2. The average molecular weight is 271 g/mol. The number of aliphatic hydroxyl groups is 1. The molecular formula is C16H33NO2. The number of carbonyl (C=O) groups excluding carboxylic acids is 1. The molecule has 0 heterocycles. The Balaban J connectivity index is 3.71. The maximum atomic E-state index is 12.0. The highest BCUT2D eigenvalue weighted by molar-refractivity contribution is 5.76. The van der Waals surface area contributed by atoms with E-state index < -0.39 is 5.60 Å². The SMILES string of the molecule is CCCCCCCCCC(=O)N(CC)CC(C)(C)O. The van der Waals surface area contributed by atoms with E-state index in [1.807, 2.05) is 6.92 Å². The Morgan fingerprint density at radius 1 is 1.00 bits per heavy atom. The Morgan fingerprint density at radius 2 is 1.53 bits per heavy atom. The molecule has 0 aromatic rings. The largest absolute Gasteiger partial charge is 0.389 e. The second-order valence-corrected chi connectivity index (χ2v) is 6.09. The van der Waals surface area contributed by atoms with E-state index in [9.17, 15) is 9.90 Å². The monoisotopic (exact) mass is 271 g/mol. The van der Waals surface area contributed by atoms with Gasteiger partial charge in [-0.1, -0.05) is 45.4 Å². The molecule has 3 nitrogen and oxygen atoms in total. The zero-order chi connectivity index (χ0) is 14.7. The van der Waals surface area contributed by atoms with E-state index in [0.29, 0.717) is 19.5 Å². The molecule has 0 saturated heterocycles. The number of hydrogen-bond acceptors (Lipinski definition) is 2. The number of likely N-dealkylation sites (N-methyl/N-ethyl adjacent to an activating group) is 1. The van der Waals surface area contributed by atoms with Gasteiger partial charge >= 0.3 is 0 Å². The molecule has 0 aliphatic carbocycles. The fourth-order valence-electron chi connectivity index (χ4n) is 2.23. The van der Waals surface area contributed by atoms with Crippen LogP contribution >= 0.6 is 0 Å². The number of carbonyl (C=O) groups is 1. The summed E-state index contributed by atoms with van der Waals surface area (Å²) >= 11 is 0. The third kappa shape index (κ3) is 11.0. The molecule has 0 rings (SSSR count). The highest BCUT2D eigenvalue weighted by Crippen LogP contribution is 2.11. The van der Waals surface area contributed by atoms with E-state index in [2.05, 4.69) is 6.92 Å². The minimum Gasteiger partial charge on any atom is -0.389 e. The molecular weight excluding hydrogens is 238 g/mol. The second-order valence-electron chi connectivity index (χ2n) is 6.09. The van der Waals surface area contributed by atoms with Gasteiger partial charge in [0.15, 0.2) is 0 Å². The van der Waals surface area contributed by atoms with Crippen molar-refractivity contribution in [1.29, 1.82) is 0 Å². The van der Waals surface area contributed by atoms with Gasteiger partial charge in [-0.2, -0.15) is 0 Å². The van der Waals surface area contributed by atoms with Crippen molar-refractivity contribution in [3.8, 4) is 0 Å². The van der Waals surface area contributed by atoms with Crippen LogP contribution in [0.2, 0.25) is 0 Å². The molecule has 0 aliphatic rings. The molecule has 0 bridgehead atoms. The van der Waals surface area contributed by atoms with Crippen molar-refractivity contribution in [2.24, 2.45) is 0 Å². The summed E-state index contributed by atoms with van der Waals surface area (Å²) in [6.07, 6.45) is 9.22. The van der Waals surface area contributed by atoms with Crippen LogP contribution in [0.15, 0.2) is 0 Å². The number of unbranched alkanes of at least 4 members (excludes halogenated alkanes) is 6. The van der Waals surface area contributed by atoms with Gasteiger partial charge in [0.25, 0.3) is 0 Å². The van der Waals surface area contributed by atoms with Crippen LogP contribution in [0.1, 0.15) is 79.1 Å². The lowest BCUT2D eigenvalue weighted by Crippen LogP contribution is -2.42. The molecule has 1 N–H and O–H groups in total. The normalized spacial score (nSPS) is 11.6. The van der Waals surface area contributed by atoms with E-state index in [-0.39, 0.29) is 5.91 Å². The molecule has 0 spiro atoms. The molecule has 0 fully saturated rings. The van der Waals surface area contributed by atoms with Gasteiger partial charge in [0.05, 0.1) is 5.60 Å². The molecule has 19 heavy (non-hydrogen) atoms. The zero-order valence-corrected chi connectivity index (χ0v) is 13.4. The zero-order valence-electron chi connectivity index (χ0n) is 13.4. The Bertz CT molecular complexity index is 233. The van der Waals surface area contributed by atoms with Crippen molar-refractivity contribution >= 4 is 5.91 Å². The van der Waals surface area contributed by atoms with E-state index in [4.69, 9.17) is 0 Å². The van der Waals surface area contributed by atoms with Crippen LogP contribution in [0.5, 0.6) is 0 Å². The summed E-state index contributed by atoms with van der Waals surface area (Å²) in [5.41, 5.74) is -0.800. The van der Waals surface area contributed by atoms with E-state index in [1.54, 1.807) is 18.7 Å². The summed E-state index contributed by atoms with van der Waals surface area (Å²) in [6, 6.07) is 0. The van der Waals surface area contributed by atoms with Gasteiger partial charge in [0.1, 0.15) is 0 Å². The first-order valence-corrected chi connectivity index (χ1v) is 7.91. The quantitative estimate of drug-likeness (QED) is 0.581. The molecule has 3 heteroatoms. The minimum absolute atomic E-state index is 0.179. The van der Waals surface area contributed by atoms with Crippen LogP contribution in [0.4, 0.5) is 0 Å². The fourth-order valence-corrected chi connectivity index (χ4v) is 2.23. The summed E-state index contributed by atoms with van der Waals surface area (Å²) in [4.78, 5) is 13.8. The van der Waals surface area contributed by atoms with Gasteiger partial charge in [0.2, 0.25) is 5.91 Å². The topological polar surface area (TPSA) is 40.5 Å². The fraction of sp³-hybridized carbons (Fsp3) is 0.938. The van der Waals surface area contributed by atoms with Gasteiger partial charge in [-0.25, -0.2) is 0 Å². The molecule has 1 amide bonds. The van der Waals surface area contributed by atoms with Crippen molar-refractivity contribution < 1.29 is 9.90 Å². The molecule has 0 aromatic carbocycles. The maximum absolute atomic E-state index is 12.0. The van der Waals surface area contributed by atoms with Crippen molar-refractivity contribution in [2.45, 2.75) is 84.7 Å². The molecule has 0 aliphatic heterocycles. The Labute approximate surface area is 119 Å². The molecule has 0 unspecified atom stereocenters. The first kappa shape index (κ1) is 18.4. The predicted molar refractivity (Wildman–Crippen MR) is 81.2 cm³/mol. The van der Waals surface area contributed by atoms with Crippen LogP contribution in [-0.4, -0.2) is 34.6 Å². The van der Waals surface area contributed by atoms with Gasteiger partial charge in [0, 0.05) is 19.5 Å². The van der Waals surface area contributed by atoms with E-state index in [1.165, 1.54) is 32.1 Å². The third-order valence-electron chi connectivity index (χ3n) is 3.31. The van der Waals surface area contributed by atoms with Crippen molar-refractivity contribution in [1.82, 2.24) is 4.90 Å². The van der Waals surface area contributed by atoms with Crippen molar-refractivity contribution in [2.75, 3.05) is 13.1 Å². The maximum Gasteiger partial charge on any atom is 0.222 e. The number of amides is 1. The highest BCUT2D eigenvalue weighted by atomic mass is 16.3. The van der Waals surface area contributed by atoms with Crippen LogP contribution in [-0.2, 0) is 4.79 Å². The molecule has 0 saturated carbocycles. The number of rotatable bonds is 11. The van der Waals surface area contributed by atoms with E-state index >= 15 is 0 Å². The molecule has 114 valence electrons. The van der Waals surface area contributed by atoms with Gasteiger partial charge in [-0.3, -0.25) is 4.79 Å². The van der Waals surface area contributed by atoms with Crippen LogP contribution in [0.3, 0.4) is 0 Å². The summed E-state index contributed by atoms with van der Waals surface area (Å²) < 4.78 is 0. The lowest BCUT2D eigenvalue weighted by atomic mass is 10.1. The molecule has 0 radical (unpaired) electrons. The third-order valence-corrected chi connectivity index (χ3v) is 3.31. The van der Waals surface area contributed by atoms with Crippen molar-refractivity contribution in [3.05, 3.63) is 0 Å². The summed E-state index contributed by atoms with van der Waals surface area (Å²) in [7, 11) is 0. The first-order valence-electron chi connectivity index (χ1n) is 7.91. The minimum atomic E-state index is -0.800. The lowest BCUT2D eigenvalue weighted by molar-refractivity contribution is -0.134. The summed E-state index contributed by atoms with van der Waals surface area (Å²) in [5.74, 6) is 0.179. The first-order chi connectivity index (χ1) is 8.90. The Kier molecular flexibility index (Phi) is 9.94. The van der Waals surface area contributed by atoms with Crippen LogP contribution in [0.25, 0.3) is 0 Å². The summed E-state index contributed by atoms with van der Waals surface area (Å²) in [5, 5.41) is 9.77. The lowest BCUT2D eigenvalue weighted by Gasteiger charge is -2.28. The van der Waals surface area contributed by atoms with Gasteiger partial charge in [-0.15, -0.1) is 0 Å². The molecule has 0 atom stereocenters. The molecule has 0 aromatic heterocycles. The number of hydrogen-bond donors (Lipinski definition) is 1. The highest BCUT2D eigenvalue weighted by Gasteiger charge is 2.20. The van der Waals surface area contributed by atoms with Crippen molar-refractivity contribution in [3.63, 3.8) is 0 Å². The predicted octanol–water partition coefficient (Wildman–Crippen LogP) is 3.75.